The Morgan fingerprint density at radius 2 is 2.22 bits per heavy atom. The maximum Gasteiger partial charge on any atom is 0.142 e. The van der Waals surface area contributed by atoms with Gasteiger partial charge in [-0.25, -0.2) is 0 Å². The topological polar surface area (TPSA) is 56.9 Å². The molecule has 0 saturated carbocycles. The fraction of sp³-hybridized carbons (Fsp3) is 0.692. The van der Waals surface area contributed by atoms with Crippen molar-refractivity contribution < 1.29 is 0 Å². The molecule has 1 aromatic rings. The molecule has 5 heteroatoms. The van der Waals surface area contributed by atoms with Gasteiger partial charge in [0.25, 0.3) is 0 Å². The molecule has 0 aliphatic heterocycles. The summed E-state index contributed by atoms with van der Waals surface area (Å²) in [6, 6.07) is 2.78. The number of nitrogens with one attached hydrogen (secondary N) is 1. The molecule has 0 aromatic carbocycles. The Kier molecular flexibility index (Phi) is 5.17. The van der Waals surface area contributed by atoms with Gasteiger partial charge in [-0.3, -0.25) is 4.68 Å². The number of hydrogen-bond donors (Lipinski definition) is 1. The monoisotopic (exact) mass is 249 g/mol. The maximum absolute atomic E-state index is 9.09. The van der Waals surface area contributed by atoms with Crippen LogP contribution < -0.4 is 5.32 Å². The Balaban J connectivity index is 2.57. The molecule has 1 N–H and O–H groups in total. The van der Waals surface area contributed by atoms with Crippen molar-refractivity contribution in [2.24, 2.45) is 7.05 Å². The van der Waals surface area contributed by atoms with Crippen LogP contribution in [0.15, 0.2) is 0 Å². The summed E-state index contributed by atoms with van der Waals surface area (Å²) >= 11 is 0. The molecule has 1 atom stereocenters. The molecule has 0 amide bonds. The average molecular weight is 249 g/mol. The highest BCUT2D eigenvalue weighted by molar-refractivity contribution is 5.54. The molecule has 0 saturated heterocycles. The Morgan fingerprint density at radius 3 is 2.78 bits per heavy atom. The van der Waals surface area contributed by atoms with E-state index < -0.39 is 0 Å². The van der Waals surface area contributed by atoms with E-state index in [1.54, 1.807) is 4.68 Å². The molecule has 1 aromatic heterocycles. The summed E-state index contributed by atoms with van der Waals surface area (Å²) in [4.78, 5) is 2.31. The van der Waals surface area contributed by atoms with Gasteiger partial charge in [-0.15, -0.1) is 0 Å². The van der Waals surface area contributed by atoms with Gasteiger partial charge in [0.05, 0.1) is 5.69 Å². The van der Waals surface area contributed by atoms with Crippen molar-refractivity contribution in [1.82, 2.24) is 14.7 Å². The predicted molar refractivity (Wildman–Crippen MR) is 73.5 cm³/mol. The van der Waals surface area contributed by atoms with E-state index in [4.69, 9.17) is 5.26 Å². The van der Waals surface area contributed by atoms with E-state index in [1.807, 2.05) is 14.0 Å². The predicted octanol–water partition coefficient (Wildman–Crippen LogP) is 1.74. The fourth-order valence-corrected chi connectivity index (χ4v) is 1.88. The van der Waals surface area contributed by atoms with Crippen LogP contribution in [0.25, 0.3) is 0 Å². The molecule has 0 aliphatic rings. The van der Waals surface area contributed by atoms with Gasteiger partial charge in [0, 0.05) is 26.2 Å². The Morgan fingerprint density at radius 1 is 1.56 bits per heavy atom. The zero-order valence-electron chi connectivity index (χ0n) is 12.0. The summed E-state index contributed by atoms with van der Waals surface area (Å²) < 4.78 is 1.73. The van der Waals surface area contributed by atoms with Crippen LogP contribution in [0.4, 0.5) is 5.82 Å². The second-order valence-corrected chi connectivity index (χ2v) is 4.71. The SMILES string of the molecule is CCC(C)N(C)CCNc1c(C#N)c(C)nn1C. The first-order chi connectivity index (χ1) is 8.51. The van der Waals surface area contributed by atoms with Crippen molar-refractivity contribution in [1.29, 1.82) is 5.26 Å². The van der Waals surface area contributed by atoms with Crippen LogP contribution in [0.5, 0.6) is 0 Å². The number of aromatic nitrogens is 2. The normalized spacial score (nSPS) is 12.5. The van der Waals surface area contributed by atoms with E-state index in [1.165, 1.54) is 0 Å². The highest BCUT2D eigenvalue weighted by Gasteiger charge is 2.12. The second kappa shape index (κ2) is 6.41. The molecule has 0 fully saturated rings. The van der Waals surface area contributed by atoms with Gasteiger partial charge in [-0.1, -0.05) is 6.92 Å². The molecular formula is C13H23N5. The van der Waals surface area contributed by atoms with E-state index in [-0.39, 0.29) is 0 Å². The van der Waals surface area contributed by atoms with Crippen LogP contribution in [0.2, 0.25) is 0 Å². The molecule has 0 spiro atoms. The molecule has 1 heterocycles. The Labute approximate surface area is 109 Å². The first-order valence-electron chi connectivity index (χ1n) is 6.39. The number of anilines is 1. The summed E-state index contributed by atoms with van der Waals surface area (Å²) in [5, 5.41) is 16.6. The van der Waals surface area contributed by atoms with Gasteiger partial charge < -0.3 is 10.2 Å². The number of rotatable bonds is 6. The average Bonchev–Trinajstić information content (AvgIpc) is 2.62. The summed E-state index contributed by atoms with van der Waals surface area (Å²) in [6.07, 6.45) is 1.14. The van der Waals surface area contributed by atoms with E-state index >= 15 is 0 Å². The van der Waals surface area contributed by atoms with Crippen molar-refractivity contribution in [3.63, 3.8) is 0 Å². The third kappa shape index (κ3) is 3.23. The second-order valence-electron chi connectivity index (χ2n) is 4.71. The van der Waals surface area contributed by atoms with E-state index in [9.17, 15) is 0 Å². The standard InChI is InChI=1S/C13H23N5/c1-6-10(2)17(4)8-7-15-13-12(9-14)11(3)16-18(13)5/h10,15H,6-8H2,1-5H3. The van der Waals surface area contributed by atoms with Crippen LogP contribution in [-0.2, 0) is 7.05 Å². The van der Waals surface area contributed by atoms with Crippen molar-refractivity contribution in [3.05, 3.63) is 11.3 Å². The molecule has 1 rings (SSSR count). The zero-order valence-corrected chi connectivity index (χ0v) is 12.0. The lowest BCUT2D eigenvalue weighted by Crippen LogP contribution is -2.33. The van der Waals surface area contributed by atoms with Crippen LogP contribution in [0, 0.1) is 18.3 Å². The van der Waals surface area contributed by atoms with Crippen molar-refractivity contribution >= 4 is 5.82 Å². The molecule has 0 aliphatic carbocycles. The number of nitriles is 1. The summed E-state index contributed by atoms with van der Waals surface area (Å²) in [7, 11) is 3.98. The van der Waals surface area contributed by atoms with E-state index in [0.29, 0.717) is 11.6 Å². The van der Waals surface area contributed by atoms with Gasteiger partial charge >= 0.3 is 0 Å². The molecule has 100 valence electrons. The van der Waals surface area contributed by atoms with Crippen LogP contribution in [-0.4, -0.2) is 40.9 Å². The van der Waals surface area contributed by atoms with Crippen LogP contribution in [0.1, 0.15) is 31.5 Å². The van der Waals surface area contributed by atoms with Gasteiger partial charge in [-0.05, 0) is 27.3 Å². The smallest absolute Gasteiger partial charge is 0.142 e. The lowest BCUT2D eigenvalue weighted by atomic mass is 10.2. The highest BCUT2D eigenvalue weighted by Crippen LogP contribution is 2.16. The zero-order chi connectivity index (χ0) is 13.7. The summed E-state index contributed by atoms with van der Waals surface area (Å²) in [5.74, 6) is 0.813. The number of aryl methyl sites for hydroxylation is 2. The number of nitrogens with zero attached hydrogens (tertiary/aromatic N) is 4. The lowest BCUT2D eigenvalue weighted by Gasteiger charge is -2.23. The minimum Gasteiger partial charge on any atom is -0.368 e. The third-order valence-corrected chi connectivity index (χ3v) is 3.43. The van der Waals surface area contributed by atoms with Gasteiger partial charge in [0.2, 0.25) is 0 Å². The quantitative estimate of drug-likeness (QED) is 0.834. The van der Waals surface area contributed by atoms with Crippen molar-refractivity contribution in [3.8, 4) is 6.07 Å². The fourth-order valence-electron chi connectivity index (χ4n) is 1.88. The van der Waals surface area contributed by atoms with Crippen LogP contribution >= 0.6 is 0 Å². The molecule has 1 unspecified atom stereocenters. The van der Waals surface area contributed by atoms with E-state index in [0.717, 1.165) is 31.0 Å². The molecule has 18 heavy (non-hydrogen) atoms. The van der Waals surface area contributed by atoms with Crippen molar-refractivity contribution in [2.75, 3.05) is 25.5 Å². The van der Waals surface area contributed by atoms with Crippen molar-refractivity contribution in [2.45, 2.75) is 33.2 Å². The first-order valence-corrected chi connectivity index (χ1v) is 6.39. The largest absolute Gasteiger partial charge is 0.368 e. The Hall–Kier alpha value is -1.54. The third-order valence-electron chi connectivity index (χ3n) is 3.43. The number of hydrogen-bond acceptors (Lipinski definition) is 4. The highest BCUT2D eigenvalue weighted by atomic mass is 15.3. The molecule has 5 nitrogen and oxygen atoms in total. The Bertz CT molecular complexity index is 429. The molecule has 0 bridgehead atoms. The molecular weight excluding hydrogens is 226 g/mol. The lowest BCUT2D eigenvalue weighted by molar-refractivity contribution is 0.261. The maximum atomic E-state index is 9.09. The minimum atomic E-state index is 0.579. The van der Waals surface area contributed by atoms with Gasteiger partial charge in [-0.2, -0.15) is 10.4 Å². The summed E-state index contributed by atoms with van der Waals surface area (Å²) in [5.41, 5.74) is 1.42. The summed E-state index contributed by atoms with van der Waals surface area (Å²) in [6.45, 7) is 8.02. The van der Waals surface area contributed by atoms with E-state index in [2.05, 4.69) is 42.3 Å². The van der Waals surface area contributed by atoms with Gasteiger partial charge in [0.1, 0.15) is 17.5 Å². The molecule has 0 radical (unpaired) electrons. The van der Waals surface area contributed by atoms with Gasteiger partial charge in [0.15, 0.2) is 0 Å². The first kappa shape index (κ1) is 14.5. The van der Waals surface area contributed by atoms with Crippen LogP contribution in [0.3, 0.4) is 0 Å². The number of likely N-dealkylation sites (N-methyl/N-ethyl adjacent to an activating group) is 1. The minimum absolute atomic E-state index is 0.579.